The van der Waals surface area contributed by atoms with Crippen LogP contribution in [0.2, 0.25) is 0 Å². The van der Waals surface area contributed by atoms with E-state index in [0.29, 0.717) is 11.3 Å². The van der Waals surface area contributed by atoms with Crippen molar-refractivity contribution in [3.05, 3.63) is 88.0 Å². The quantitative estimate of drug-likeness (QED) is 0.124. The van der Waals surface area contributed by atoms with Crippen LogP contribution in [0.4, 0.5) is 0 Å². The molecule has 0 aliphatic heterocycles. The Morgan fingerprint density at radius 2 is 1.81 bits per heavy atom. The number of aromatic hydroxyl groups is 1. The van der Waals surface area contributed by atoms with Crippen LogP contribution >= 0.6 is 0 Å². The Balaban J connectivity index is 1.50. The number of ketones is 1. The van der Waals surface area contributed by atoms with E-state index in [1.807, 2.05) is 30.3 Å². The molecule has 0 spiro atoms. The number of hydrogen-bond acceptors (Lipinski definition) is 6. The van der Waals surface area contributed by atoms with E-state index < -0.39 is 11.9 Å². The third-order valence-corrected chi connectivity index (χ3v) is 11.0. The largest absolute Gasteiger partial charge is 0.507 e. The summed E-state index contributed by atoms with van der Waals surface area (Å²) in [5.74, 6) is 1.03. The maximum Gasteiger partial charge on any atom is 0.335 e. The van der Waals surface area contributed by atoms with Crippen molar-refractivity contribution >= 4 is 11.8 Å². The molecule has 0 radical (unpaired) electrons. The highest BCUT2D eigenvalue weighted by Gasteiger charge is 2.61. The molecule has 1 unspecified atom stereocenters. The highest BCUT2D eigenvalue weighted by atomic mass is 16.5. The van der Waals surface area contributed by atoms with Gasteiger partial charge >= 0.3 is 5.97 Å². The first-order valence-corrected chi connectivity index (χ1v) is 17.8. The Bertz CT molecular complexity index is 1580. The monoisotopic (exact) mass is 654 g/mol. The van der Waals surface area contributed by atoms with E-state index in [0.717, 1.165) is 72.1 Å². The third kappa shape index (κ3) is 7.13. The van der Waals surface area contributed by atoms with Gasteiger partial charge in [0.05, 0.1) is 18.6 Å². The van der Waals surface area contributed by atoms with Gasteiger partial charge in [-0.25, -0.2) is 4.79 Å². The minimum Gasteiger partial charge on any atom is -0.507 e. The summed E-state index contributed by atoms with van der Waals surface area (Å²) in [4.78, 5) is 27.4. The fourth-order valence-electron chi connectivity index (χ4n) is 8.38. The van der Waals surface area contributed by atoms with Crippen LogP contribution in [0.5, 0.6) is 17.2 Å². The van der Waals surface area contributed by atoms with Crippen molar-refractivity contribution in [2.75, 3.05) is 13.7 Å². The summed E-state index contributed by atoms with van der Waals surface area (Å²) in [5, 5.41) is 11.6. The molecule has 0 amide bonds. The standard InChI is InChI=1S/C42H54O6/c1-9-10-11-12-29-20-34(43)38(32-19-26(6)13-18-31(32)24(2)3)35(21-29)47-23-33-27(7)37-36(25(4)5)41(44)40(37)39(33)42(45)48-22-28-14-16-30(46-8)17-15-28/h14-17,19-21,25,27,31-32,36-37,40,43H,2,9-13,18,22-23H2,1,3-8H3/t27-,31-,32+,36+,37+,40?/m0/s1. The average molecular weight is 655 g/mol. The van der Waals surface area contributed by atoms with E-state index in [2.05, 4.69) is 60.3 Å². The molecule has 1 fully saturated rings. The normalized spacial score (nSPS) is 25.0. The van der Waals surface area contributed by atoms with Gasteiger partial charge in [0.25, 0.3) is 0 Å². The van der Waals surface area contributed by atoms with Crippen LogP contribution in [0.15, 0.2) is 71.3 Å². The minimum atomic E-state index is -0.473. The molecule has 3 aliphatic carbocycles. The second-order valence-electron chi connectivity index (χ2n) is 14.7. The van der Waals surface area contributed by atoms with Gasteiger partial charge in [-0.1, -0.05) is 76.5 Å². The second-order valence-corrected chi connectivity index (χ2v) is 14.7. The number of phenols is 1. The van der Waals surface area contributed by atoms with E-state index in [4.69, 9.17) is 14.2 Å². The molecule has 6 heteroatoms. The Kier molecular flexibility index (Phi) is 11.2. The number of carbonyl (C=O) groups excluding carboxylic acids is 2. The number of hydrogen-bond donors (Lipinski definition) is 1. The van der Waals surface area contributed by atoms with Crippen LogP contribution in [-0.2, 0) is 27.4 Å². The Hall–Kier alpha value is -3.80. The number of ether oxygens (including phenoxy) is 3. The summed E-state index contributed by atoms with van der Waals surface area (Å²) in [6, 6.07) is 11.4. The van der Waals surface area contributed by atoms with Crippen LogP contribution < -0.4 is 9.47 Å². The predicted octanol–water partition coefficient (Wildman–Crippen LogP) is 9.31. The maximum absolute atomic E-state index is 13.9. The highest BCUT2D eigenvalue weighted by molar-refractivity contribution is 6.04. The number of methoxy groups -OCH3 is 1. The average Bonchev–Trinajstić information content (AvgIpc) is 3.29. The lowest BCUT2D eigenvalue weighted by Gasteiger charge is -2.44. The summed E-state index contributed by atoms with van der Waals surface area (Å²) in [7, 11) is 1.61. The number of carbonyl (C=O) groups is 2. The van der Waals surface area contributed by atoms with E-state index in [9.17, 15) is 14.7 Å². The molecular weight excluding hydrogens is 600 g/mol. The van der Waals surface area contributed by atoms with Crippen molar-refractivity contribution in [1.29, 1.82) is 0 Å². The van der Waals surface area contributed by atoms with Crippen molar-refractivity contribution in [2.45, 2.75) is 92.6 Å². The van der Waals surface area contributed by atoms with Crippen molar-refractivity contribution in [1.82, 2.24) is 0 Å². The van der Waals surface area contributed by atoms with Crippen LogP contribution in [-0.4, -0.2) is 30.6 Å². The predicted molar refractivity (Wildman–Crippen MR) is 190 cm³/mol. The fourth-order valence-corrected chi connectivity index (χ4v) is 8.38. The van der Waals surface area contributed by atoms with Crippen molar-refractivity contribution < 1.29 is 28.9 Å². The van der Waals surface area contributed by atoms with E-state index in [1.54, 1.807) is 7.11 Å². The number of Topliss-reactive ketones (excluding diaryl/α,β-unsaturated/α-hetero) is 1. The van der Waals surface area contributed by atoms with E-state index >= 15 is 0 Å². The number of aryl methyl sites for hydroxylation is 1. The molecule has 1 saturated carbocycles. The molecular formula is C42H54O6. The number of rotatable bonds is 14. The smallest absolute Gasteiger partial charge is 0.335 e. The molecule has 0 saturated heterocycles. The first kappa shape index (κ1) is 35.5. The summed E-state index contributed by atoms with van der Waals surface area (Å²) >= 11 is 0. The SMILES string of the molecule is C=C(C)[C@@H]1CCC(C)=C[C@H]1c1c(O)cc(CCCCC)cc1OCC1=C(C(=O)OCc2ccc(OC)cc2)C2C(=O)[C@H](C(C)C)[C@H]2[C@H]1C. The highest BCUT2D eigenvalue weighted by Crippen LogP contribution is 2.57. The first-order chi connectivity index (χ1) is 23.0. The van der Waals surface area contributed by atoms with Crippen LogP contribution in [0, 0.1) is 35.5 Å². The lowest BCUT2D eigenvalue weighted by molar-refractivity contribution is -0.150. The molecule has 48 heavy (non-hydrogen) atoms. The molecule has 6 nitrogen and oxygen atoms in total. The number of benzene rings is 2. The third-order valence-electron chi connectivity index (χ3n) is 11.0. The minimum absolute atomic E-state index is 0.0200. The van der Waals surface area contributed by atoms with Gasteiger partial charge in [-0.05, 0) is 104 Å². The van der Waals surface area contributed by atoms with Gasteiger partial charge in [0.2, 0.25) is 0 Å². The van der Waals surface area contributed by atoms with Gasteiger partial charge in [0, 0.05) is 17.4 Å². The summed E-state index contributed by atoms with van der Waals surface area (Å²) in [6.07, 6.45) is 8.32. The molecule has 6 atom stereocenters. The van der Waals surface area contributed by atoms with Gasteiger partial charge < -0.3 is 19.3 Å². The van der Waals surface area contributed by atoms with Gasteiger partial charge in [0.1, 0.15) is 36.2 Å². The second kappa shape index (κ2) is 15.2. The Morgan fingerprint density at radius 1 is 1.08 bits per heavy atom. The number of fused-ring (bicyclic) bond motifs is 1. The zero-order valence-electron chi connectivity index (χ0n) is 29.9. The van der Waals surface area contributed by atoms with Gasteiger partial charge in [-0.15, -0.1) is 0 Å². The number of phenolic OH excluding ortho intramolecular Hbond substituents is 1. The van der Waals surface area contributed by atoms with Gasteiger partial charge in [-0.2, -0.15) is 0 Å². The Labute approximate surface area is 287 Å². The van der Waals surface area contributed by atoms with Gasteiger partial charge in [0.15, 0.2) is 0 Å². The molecule has 2 aromatic carbocycles. The first-order valence-electron chi connectivity index (χ1n) is 17.8. The van der Waals surface area contributed by atoms with Crippen molar-refractivity contribution in [3.63, 3.8) is 0 Å². The number of allylic oxidation sites excluding steroid dienone is 3. The molecule has 2 aromatic rings. The van der Waals surface area contributed by atoms with Crippen LogP contribution in [0.1, 0.15) is 96.3 Å². The lowest BCUT2D eigenvalue weighted by atomic mass is 9.57. The van der Waals surface area contributed by atoms with Crippen LogP contribution in [0.3, 0.4) is 0 Å². The molecule has 0 bridgehead atoms. The molecule has 0 heterocycles. The van der Waals surface area contributed by atoms with E-state index in [-0.39, 0.29) is 60.3 Å². The summed E-state index contributed by atoms with van der Waals surface area (Å²) < 4.78 is 17.9. The summed E-state index contributed by atoms with van der Waals surface area (Å²) in [5.41, 5.74) is 6.31. The topological polar surface area (TPSA) is 82.1 Å². The Morgan fingerprint density at radius 3 is 2.46 bits per heavy atom. The number of esters is 1. The molecule has 258 valence electrons. The van der Waals surface area contributed by atoms with Gasteiger partial charge in [-0.3, -0.25) is 4.79 Å². The van der Waals surface area contributed by atoms with Crippen molar-refractivity contribution in [3.8, 4) is 17.2 Å². The van der Waals surface area contributed by atoms with E-state index in [1.165, 1.54) is 5.57 Å². The van der Waals surface area contributed by atoms with Crippen molar-refractivity contribution in [2.24, 2.45) is 35.5 Å². The number of unbranched alkanes of at least 4 members (excludes halogenated alkanes) is 2. The molecule has 1 N–H and O–H groups in total. The lowest BCUT2D eigenvalue weighted by Crippen LogP contribution is -2.51. The molecule has 5 rings (SSSR count). The zero-order chi connectivity index (χ0) is 34.7. The summed E-state index contributed by atoms with van der Waals surface area (Å²) in [6.45, 7) is 17.2. The fraction of sp³-hybridized carbons (Fsp3) is 0.524. The maximum atomic E-state index is 13.9. The molecule has 3 aliphatic rings. The van der Waals surface area contributed by atoms with Crippen LogP contribution in [0.25, 0.3) is 0 Å². The zero-order valence-corrected chi connectivity index (χ0v) is 29.9. The molecule has 0 aromatic heterocycles.